The van der Waals surface area contributed by atoms with Gasteiger partial charge in [-0.25, -0.2) is 0 Å². The summed E-state index contributed by atoms with van der Waals surface area (Å²) in [5.74, 6) is -0.538. The first-order chi connectivity index (χ1) is 11.0. The highest BCUT2D eigenvalue weighted by Gasteiger charge is 2.09. The fraction of sp³-hybridized carbons (Fsp3) is 0.438. The molecule has 0 aliphatic carbocycles. The lowest BCUT2D eigenvalue weighted by Gasteiger charge is -2.16. The van der Waals surface area contributed by atoms with Gasteiger partial charge in [0.25, 0.3) is 5.91 Å². The molecule has 0 saturated carbocycles. The molecular formula is C16H24N4O3. The van der Waals surface area contributed by atoms with Gasteiger partial charge >= 0.3 is 0 Å². The van der Waals surface area contributed by atoms with Crippen LogP contribution in [0.5, 0.6) is 0 Å². The lowest BCUT2D eigenvalue weighted by atomic mass is 10.1. The zero-order valence-corrected chi connectivity index (χ0v) is 13.8. The van der Waals surface area contributed by atoms with E-state index in [4.69, 9.17) is 0 Å². The van der Waals surface area contributed by atoms with E-state index in [9.17, 15) is 14.4 Å². The summed E-state index contributed by atoms with van der Waals surface area (Å²) >= 11 is 0. The van der Waals surface area contributed by atoms with Crippen molar-refractivity contribution >= 4 is 17.7 Å². The number of carbonyl (C=O) groups is 3. The molecule has 1 aromatic rings. The van der Waals surface area contributed by atoms with E-state index in [0.29, 0.717) is 18.7 Å². The number of rotatable bonds is 8. The fourth-order valence-corrected chi connectivity index (χ4v) is 2.01. The van der Waals surface area contributed by atoms with Gasteiger partial charge in [-0.1, -0.05) is 12.1 Å². The van der Waals surface area contributed by atoms with Gasteiger partial charge in [-0.2, -0.15) is 0 Å². The van der Waals surface area contributed by atoms with Crippen LogP contribution in [0.1, 0.15) is 22.8 Å². The Morgan fingerprint density at radius 1 is 1.04 bits per heavy atom. The monoisotopic (exact) mass is 320 g/mol. The molecule has 3 N–H and O–H groups in total. The van der Waals surface area contributed by atoms with Crippen LogP contribution in [-0.2, 0) is 16.1 Å². The average Bonchev–Trinajstić information content (AvgIpc) is 2.53. The van der Waals surface area contributed by atoms with E-state index in [0.717, 1.165) is 5.56 Å². The van der Waals surface area contributed by atoms with Gasteiger partial charge in [0.2, 0.25) is 11.8 Å². The lowest BCUT2D eigenvalue weighted by molar-refractivity contribution is -0.126. The van der Waals surface area contributed by atoms with Crippen molar-refractivity contribution in [3.8, 4) is 0 Å². The van der Waals surface area contributed by atoms with Crippen molar-refractivity contribution in [2.24, 2.45) is 0 Å². The maximum atomic E-state index is 11.7. The molecule has 0 aliphatic heterocycles. The SMILES string of the molecule is CCNC(=O)CNC(=O)CN(C)Cc1ccc(C(=O)NC)cc1. The van der Waals surface area contributed by atoms with E-state index in [1.54, 1.807) is 19.2 Å². The Balaban J connectivity index is 2.40. The second-order valence-electron chi connectivity index (χ2n) is 5.18. The van der Waals surface area contributed by atoms with Crippen molar-refractivity contribution in [2.75, 3.05) is 33.7 Å². The molecule has 0 unspecified atom stereocenters. The predicted molar refractivity (Wildman–Crippen MR) is 87.9 cm³/mol. The third-order valence-electron chi connectivity index (χ3n) is 3.13. The molecule has 23 heavy (non-hydrogen) atoms. The van der Waals surface area contributed by atoms with Gasteiger partial charge in [0.05, 0.1) is 13.1 Å². The van der Waals surface area contributed by atoms with Crippen LogP contribution in [0.15, 0.2) is 24.3 Å². The molecule has 0 bridgehead atoms. The van der Waals surface area contributed by atoms with E-state index in [1.165, 1.54) is 0 Å². The standard InChI is InChI=1S/C16H24N4O3/c1-4-18-14(21)9-19-15(22)11-20(3)10-12-5-7-13(8-6-12)16(23)17-2/h5-8H,4,9-11H2,1-3H3,(H,17,23)(H,18,21)(H,19,22). The molecule has 7 nitrogen and oxygen atoms in total. The van der Waals surface area contributed by atoms with Crippen molar-refractivity contribution in [2.45, 2.75) is 13.5 Å². The molecule has 0 radical (unpaired) electrons. The number of hydrogen-bond donors (Lipinski definition) is 3. The number of amides is 3. The quantitative estimate of drug-likeness (QED) is 0.615. The molecule has 0 fully saturated rings. The Morgan fingerprint density at radius 3 is 2.26 bits per heavy atom. The Morgan fingerprint density at radius 2 is 1.70 bits per heavy atom. The summed E-state index contributed by atoms with van der Waals surface area (Å²) in [6.07, 6.45) is 0. The minimum absolute atomic E-state index is 0.0126. The highest BCUT2D eigenvalue weighted by molar-refractivity contribution is 5.93. The Bertz CT molecular complexity index is 543. The van der Waals surface area contributed by atoms with Crippen LogP contribution in [0.25, 0.3) is 0 Å². The van der Waals surface area contributed by atoms with Crippen LogP contribution >= 0.6 is 0 Å². The first-order valence-corrected chi connectivity index (χ1v) is 7.49. The van der Waals surface area contributed by atoms with Gasteiger partial charge in [0.1, 0.15) is 0 Å². The summed E-state index contributed by atoms with van der Waals surface area (Å²) in [7, 11) is 3.40. The van der Waals surface area contributed by atoms with Gasteiger partial charge in [-0.05, 0) is 31.7 Å². The van der Waals surface area contributed by atoms with Crippen LogP contribution in [-0.4, -0.2) is 56.4 Å². The molecule has 0 saturated heterocycles. The maximum Gasteiger partial charge on any atom is 0.251 e. The van der Waals surface area contributed by atoms with Crippen LogP contribution in [0.4, 0.5) is 0 Å². The van der Waals surface area contributed by atoms with E-state index in [2.05, 4.69) is 16.0 Å². The molecular weight excluding hydrogens is 296 g/mol. The zero-order chi connectivity index (χ0) is 17.2. The van der Waals surface area contributed by atoms with E-state index < -0.39 is 0 Å². The number of carbonyl (C=O) groups excluding carboxylic acids is 3. The minimum Gasteiger partial charge on any atom is -0.355 e. The highest BCUT2D eigenvalue weighted by Crippen LogP contribution is 2.06. The Kier molecular flexibility index (Phi) is 7.76. The largest absolute Gasteiger partial charge is 0.355 e. The van der Waals surface area contributed by atoms with Crippen molar-refractivity contribution in [3.05, 3.63) is 35.4 Å². The normalized spacial score (nSPS) is 10.3. The van der Waals surface area contributed by atoms with Crippen LogP contribution in [0.2, 0.25) is 0 Å². The second kappa shape index (κ2) is 9.58. The van der Waals surface area contributed by atoms with Gasteiger partial charge in [0, 0.05) is 25.7 Å². The van der Waals surface area contributed by atoms with E-state index in [-0.39, 0.29) is 30.8 Å². The highest BCUT2D eigenvalue weighted by atomic mass is 16.2. The van der Waals surface area contributed by atoms with E-state index in [1.807, 2.05) is 31.0 Å². The third-order valence-corrected chi connectivity index (χ3v) is 3.13. The first kappa shape index (κ1) is 18.6. The molecule has 7 heteroatoms. The summed E-state index contributed by atoms with van der Waals surface area (Å²) in [4.78, 5) is 36.3. The van der Waals surface area contributed by atoms with Gasteiger partial charge in [-0.3, -0.25) is 19.3 Å². The zero-order valence-electron chi connectivity index (χ0n) is 13.8. The maximum absolute atomic E-state index is 11.7. The summed E-state index contributed by atoms with van der Waals surface area (Å²) in [5, 5.41) is 7.75. The topological polar surface area (TPSA) is 90.5 Å². The predicted octanol–water partition coefficient (Wildman–Crippen LogP) is -0.270. The number of nitrogens with zero attached hydrogens (tertiary/aromatic N) is 1. The van der Waals surface area contributed by atoms with Crippen molar-refractivity contribution in [1.82, 2.24) is 20.9 Å². The summed E-state index contributed by atoms with van der Waals surface area (Å²) in [6.45, 7) is 3.12. The van der Waals surface area contributed by atoms with Crippen molar-refractivity contribution in [3.63, 3.8) is 0 Å². The van der Waals surface area contributed by atoms with Crippen LogP contribution < -0.4 is 16.0 Å². The molecule has 3 amide bonds. The molecule has 1 aromatic carbocycles. The second-order valence-corrected chi connectivity index (χ2v) is 5.18. The molecule has 0 aromatic heterocycles. The molecule has 0 spiro atoms. The number of benzene rings is 1. The molecule has 0 atom stereocenters. The van der Waals surface area contributed by atoms with E-state index >= 15 is 0 Å². The smallest absolute Gasteiger partial charge is 0.251 e. The number of likely N-dealkylation sites (N-methyl/N-ethyl adjacent to an activating group) is 2. The van der Waals surface area contributed by atoms with Gasteiger partial charge in [-0.15, -0.1) is 0 Å². The van der Waals surface area contributed by atoms with Crippen LogP contribution in [0.3, 0.4) is 0 Å². The summed E-state index contributed by atoms with van der Waals surface area (Å²) in [6, 6.07) is 7.20. The first-order valence-electron chi connectivity index (χ1n) is 7.49. The summed E-state index contributed by atoms with van der Waals surface area (Å²) in [5.41, 5.74) is 1.59. The van der Waals surface area contributed by atoms with Crippen molar-refractivity contribution < 1.29 is 14.4 Å². The molecule has 0 aliphatic rings. The fourth-order valence-electron chi connectivity index (χ4n) is 2.01. The lowest BCUT2D eigenvalue weighted by Crippen LogP contribution is -2.41. The third kappa shape index (κ3) is 6.92. The molecule has 1 rings (SSSR count). The summed E-state index contributed by atoms with van der Waals surface area (Å²) < 4.78 is 0. The van der Waals surface area contributed by atoms with Gasteiger partial charge < -0.3 is 16.0 Å². The number of nitrogens with one attached hydrogen (secondary N) is 3. The molecule has 0 heterocycles. The molecule has 126 valence electrons. The number of hydrogen-bond acceptors (Lipinski definition) is 4. The Hall–Kier alpha value is -2.41. The Labute approximate surface area is 136 Å². The van der Waals surface area contributed by atoms with Crippen molar-refractivity contribution in [1.29, 1.82) is 0 Å². The minimum atomic E-state index is -0.208. The average molecular weight is 320 g/mol. The van der Waals surface area contributed by atoms with Crippen LogP contribution in [0, 0.1) is 0 Å². The van der Waals surface area contributed by atoms with Gasteiger partial charge in [0.15, 0.2) is 0 Å².